The molecule has 0 saturated carbocycles. The van der Waals surface area contributed by atoms with E-state index in [0.29, 0.717) is 36.0 Å². The van der Waals surface area contributed by atoms with Gasteiger partial charge < -0.3 is 15.0 Å². The lowest BCUT2D eigenvalue weighted by molar-refractivity contribution is -0.135. The summed E-state index contributed by atoms with van der Waals surface area (Å²) in [6, 6.07) is 8.68. The molecule has 0 radical (unpaired) electrons. The molecule has 0 aliphatic carbocycles. The maximum absolute atomic E-state index is 13.8. The van der Waals surface area contributed by atoms with Gasteiger partial charge in [0.15, 0.2) is 6.61 Å². The number of piperazine rings is 1. The molecule has 37 heavy (non-hydrogen) atoms. The van der Waals surface area contributed by atoms with Crippen molar-refractivity contribution in [1.82, 2.24) is 20.0 Å². The Labute approximate surface area is 224 Å². The first-order chi connectivity index (χ1) is 17.7. The van der Waals surface area contributed by atoms with Gasteiger partial charge in [0, 0.05) is 49.9 Å². The molecule has 0 unspecified atom stereocenters. The Hall–Kier alpha value is -2.68. The molecule has 2 aromatic rings. The number of nitrogens with zero attached hydrogens (tertiary/aromatic N) is 3. The Morgan fingerprint density at radius 2 is 1.73 bits per heavy atom. The molecular formula is C28H38ClFN4O3. The quantitative estimate of drug-likeness (QED) is 0.477. The number of ether oxygens (including phenoxy) is 1. The second-order valence-electron chi connectivity index (χ2n) is 9.46. The molecule has 0 aromatic heterocycles. The summed E-state index contributed by atoms with van der Waals surface area (Å²) in [5, 5.41) is 3.45. The van der Waals surface area contributed by atoms with Crippen LogP contribution in [-0.2, 0) is 22.7 Å². The molecule has 1 aliphatic heterocycles. The Balaban J connectivity index is 1.49. The molecule has 1 heterocycles. The van der Waals surface area contributed by atoms with Gasteiger partial charge in [0.2, 0.25) is 5.91 Å². The molecule has 1 saturated heterocycles. The van der Waals surface area contributed by atoms with Crippen LogP contribution < -0.4 is 10.1 Å². The number of amides is 2. The van der Waals surface area contributed by atoms with E-state index in [-0.39, 0.29) is 30.8 Å². The Kier molecular flexibility index (Phi) is 10.7. The van der Waals surface area contributed by atoms with Crippen LogP contribution in [0.15, 0.2) is 30.3 Å². The fourth-order valence-electron chi connectivity index (χ4n) is 4.37. The maximum atomic E-state index is 13.8. The number of nitrogens with one attached hydrogen (secondary N) is 1. The van der Waals surface area contributed by atoms with Crippen LogP contribution in [0.2, 0.25) is 5.02 Å². The van der Waals surface area contributed by atoms with Gasteiger partial charge in [-0.3, -0.25) is 19.4 Å². The van der Waals surface area contributed by atoms with E-state index in [0.717, 1.165) is 49.4 Å². The van der Waals surface area contributed by atoms with Gasteiger partial charge in [-0.2, -0.15) is 0 Å². The molecule has 9 heteroatoms. The predicted molar refractivity (Wildman–Crippen MR) is 144 cm³/mol. The van der Waals surface area contributed by atoms with Crippen LogP contribution in [0.1, 0.15) is 36.1 Å². The SMILES string of the molecule is CCN(CC)CC(=O)NCc1cc(Cl)ccc1OCC(=O)N1CCN(Cc2cc(C)c(F)cc2C)CC1. The summed E-state index contributed by atoms with van der Waals surface area (Å²) < 4.78 is 19.6. The fraction of sp³-hybridized carbons (Fsp3) is 0.500. The number of likely N-dealkylation sites (N-methyl/N-ethyl adjacent to an activating group) is 1. The van der Waals surface area contributed by atoms with Gasteiger partial charge in [0.25, 0.3) is 5.91 Å². The summed E-state index contributed by atoms with van der Waals surface area (Å²) in [6.07, 6.45) is 0. The van der Waals surface area contributed by atoms with E-state index in [2.05, 4.69) is 10.2 Å². The molecule has 2 aromatic carbocycles. The molecule has 1 N–H and O–H groups in total. The maximum Gasteiger partial charge on any atom is 0.260 e. The van der Waals surface area contributed by atoms with Crippen molar-refractivity contribution < 1.29 is 18.7 Å². The largest absolute Gasteiger partial charge is 0.483 e. The van der Waals surface area contributed by atoms with Crippen molar-refractivity contribution in [2.45, 2.75) is 40.8 Å². The standard InChI is InChI=1S/C28H38ClFN4O3/c1-5-32(6-2)18-27(35)31-16-22-15-24(29)7-8-26(22)37-19-28(36)34-11-9-33(10-12-34)17-23-13-21(4)25(30)14-20(23)3/h7-8,13-15H,5-6,9-12,16-19H2,1-4H3,(H,31,35). The molecule has 0 atom stereocenters. The Morgan fingerprint density at radius 1 is 1.03 bits per heavy atom. The molecule has 7 nitrogen and oxygen atoms in total. The van der Waals surface area contributed by atoms with E-state index < -0.39 is 0 Å². The van der Waals surface area contributed by atoms with Crippen molar-refractivity contribution in [3.8, 4) is 5.75 Å². The smallest absolute Gasteiger partial charge is 0.260 e. The first kappa shape index (κ1) is 28.9. The average Bonchev–Trinajstić information content (AvgIpc) is 2.88. The number of hydrogen-bond donors (Lipinski definition) is 1. The van der Waals surface area contributed by atoms with Crippen LogP contribution in [0.5, 0.6) is 5.75 Å². The van der Waals surface area contributed by atoms with Crippen molar-refractivity contribution in [2.24, 2.45) is 0 Å². The summed E-state index contributed by atoms with van der Waals surface area (Å²) in [4.78, 5) is 31.3. The monoisotopic (exact) mass is 532 g/mol. The zero-order valence-corrected chi connectivity index (χ0v) is 23.0. The molecule has 0 spiro atoms. The van der Waals surface area contributed by atoms with E-state index in [1.165, 1.54) is 0 Å². The summed E-state index contributed by atoms with van der Waals surface area (Å²) in [5.41, 5.74) is 3.43. The molecule has 3 rings (SSSR count). The van der Waals surface area contributed by atoms with Gasteiger partial charge in [-0.05, 0) is 67.9 Å². The number of rotatable bonds is 11. The third-order valence-electron chi connectivity index (χ3n) is 6.85. The van der Waals surface area contributed by atoms with E-state index in [9.17, 15) is 14.0 Å². The minimum Gasteiger partial charge on any atom is -0.483 e. The van der Waals surface area contributed by atoms with E-state index in [1.54, 1.807) is 36.1 Å². The van der Waals surface area contributed by atoms with Crippen LogP contribution >= 0.6 is 11.6 Å². The lowest BCUT2D eigenvalue weighted by Gasteiger charge is -2.35. The van der Waals surface area contributed by atoms with E-state index in [1.807, 2.05) is 31.7 Å². The second kappa shape index (κ2) is 13.7. The summed E-state index contributed by atoms with van der Waals surface area (Å²) in [7, 11) is 0. The van der Waals surface area contributed by atoms with Crippen LogP contribution in [0, 0.1) is 19.7 Å². The summed E-state index contributed by atoms with van der Waals surface area (Å²) in [5.74, 6) is 0.193. The van der Waals surface area contributed by atoms with Gasteiger partial charge in [-0.25, -0.2) is 4.39 Å². The van der Waals surface area contributed by atoms with Gasteiger partial charge in [0.1, 0.15) is 11.6 Å². The van der Waals surface area contributed by atoms with Crippen molar-refractivity contribution in [2.75, 3.05) is 52.4 Å². The number of hydrogen-bond acceptors (Lipinski definition) is 5. The molecular weight excluding hydrogens is 495 g/mol. The van der Waals surface area contributed by atoms with Crippen molar-refractivity contribution in [3.63, 3.8) is 0 Å². The highest BCUT2D eigenvalue weighted by Crippen LogP contribution is 2.23. The number of aryl methyl sites for hydroxylation is 2. The zero-order chi connectivity index (χ0) is 26.9. The second-order valence-corrected chi connectivity index (χ2v) is 9.90. The third-order valence-corrected chi connectivity index (χ3v) is 7.08. The zero-order valence-electron chi connectivity index (χ0n) is 22.3. The van der Waals surface area contributed by atoms with E-state index >= 15 is 0 Å². The highest BCUT2D eigenvalue weighted by Gasteiger charge is 2.22. The topological polar surface area (TPSA) is 65.1 Å². The molecule has 1 fully saturated rings. The summed E-state index contributed by atoms with van der Waals surface area (Å²) in [6.45, 7) is 13.3. The Bertz CT molecular complexity index is 1090. The lowest BCUT2D eigenvalue weighted by Crippen LogP contribution is -2.49. The molecule has 202 valence electrons. The highest BCUT2D eigenvalue weighted by atomic mass is 35.5. The normalized spacial score (nSPS) is 14.2. The lowest BCUT2D eigenvalue weighted by atomic mass is 10.0. The molecule has 0 bridgehead atoms. The first-order valence-electron chi connectivity index (χ1n) is 12.9. The fourth-order valence-corrected chi connectivity index (χ4v) is 4.56. The summed E-state index contributed by atoms with van der Waals surface area (Å²) >= 11 is 6.17. The molecule has 2 amide bonds. The minimum absolute atomic E-state index is 0.0745. The number of carbonyl (C=O) groups is 2. The van der Waals surface area contributed by atoms with Crippen LogP contribution in [0.4, 0.5) is 4.39 Å². The molecule has 1 aliphatic rings. The average molecular weight is 533 g/mol. The Morgan fingerprint density at radius 3 is 2.41 bits per heavy atom. The van der Waals surface area contributed by atoms with Gasteiger partial charge in [-0.15, -0.1) is 0 Å². The van der Waals surface area contributed by atoms with Gasteiger partial charge in [-0.1, -0.05) is 31.5 Å². The third kappa shape index (κ3) is 8.42. The number of carbonyl (C=O) groups excluding carboxylic acids is 2. The van der Waals surface area contributed by atoms with Crippen molar-refractivity contribution in [1.29, 1.82) is 0 Å². The van der Waals surface area contributed by atoms with E-state index in [4.69, 9.17) is 16.3 Å². The van der Waals surface area contributed by atoms with Crippen LogP contribution in [-0.4, -0.2) is 78.9 Å². The predicted octanol–water partition coefficient (Wildman–Crippen LogP) is 3.78. The van der Waals surface area contributed by atoms with Crippen molar-refractivity contribution in [3.05, 3.63) is 63.4 Å². The van der Waals surface area contributed by atoms with Crippen molar-refractivity contribution >= 4 is 23.4 Å². The number of halogens is 2. The van der Waals surface area contributed by atoms with Crippen LogP contribution in [0.25, 0.3) is 0 Å². The van der Waals surface area contributed by atoms with Crippen LogP contribution in [0.3, 0.4) is 0 Å². The first-order valence-corrected chi connectivity index (χ1v) is 13.2. The minimum atomic E-state index is -0.178. The van der Waals surface area contributed by atoms with Gasteiger partial charge in [0.05, 0.1) is 6.54 Å². The highest BCUT2D eigenvalue weighted by molar-refractivity contribution is 6.30. The van der Waals surface area contributed by atoms with Gasteiger partial charge >= 0.3 is 0 Å². The number of benzene rings is 2.